The van der Waals surface area contributed by atoms with Gasteiger partial charge in [0.15, 0.2) is 0 Å². The molecule has 1 unspecified atom stereocenters. The Labute approximate surface area is 131 Å². The number of likely N-dealkylation sites (N-methyl/N-ethyl adjacent to an activating group) is 1. The van der Waals surface area contributed by atoms with E-state index < -0.39 is 0 Å². The molecule has 0 aromatic heterocycles. The molecule has 1 fully saturated rings. The van der Waals surface area contributed by atoms with Gasteiger partial charge in [0.05, 0.1) is 0 Å². The summed E-state index contributed by atoms with van der Waals surface area (Å²) in [5, 5.41) is 3.61. The van der Waals surface area contributed by atoms with E-state index in [1.807, 2.05) is 0 Å². The predicted molar refractivity (Wildman–Crippen MR) is 91.0 cm³/mol. The van der Waals surface area contributed by atoms with E-state index in [1.165, 1.54) is 36.8 Å². The van der Waals surface area contributed by atoms with Crippen LogP contribution >= 0.6 is 12.4 Å². The van der Waals surface area contributed by atoms with Crippen molar-refractivity contribution in [3.8, 4) is 0 Å². The van der Waals surface area contributed by atoms with Crippen molar-refractivity contribution in [1.29, 1.82) is 0 Å². The lowest BCUT2D eigenvalue weighted by Gasteiger charge is -2.49. The molecule has 114 valence electrons. The number of halogens is 1. The highest BCUT2D eigenvalue weighted by Crippen LogP contribution is 2.48. The molecule has 1 aromatic carbocycles. The Bertz CT molecular complexity index is 435. The molecule has 0 amide bonds. The van der Waals surface area contributed by atoms with Crippen LogP contribution in [0.25, 0.3) is 0 Å². The van der Waals surface area contributed by atoms with Crippen LogP contribution in [0.2, 0.25) is 0 Å². The molecule has 0 aliphatic heterocycles. The van der Waals surface area contributed by atoms with Crippen molar-refractivity contribution in [3.05, 3.63) is 34.9 Å². The van der Waals surface area contributed by atoms with Gasteiger partial charge in [0.25, 0.3) is 0 Å². The van der Waals surface area contributed by atoms with E-state index in [4.69, 9.17) is 0 Å². The van der Waals surface area contributed by atoms with Gasteiger partial charge < -0.3 is 5.32 Å². The van der Waals surface area contributed by atoms with E-state index >= 15 is 0 Å². The van der Waals surface area contributed by atoms with Gasteiger partial charge in [-0.3, -0.25) is 0 Å². The largest absolute Gasteiger partial charge is 0.316 e. The molecule has 0 saturated heterocycles. The molecule has 1 aromatic rings. The molecule has 1 aliphatic rings. The van der Waals surface area contributed by atoms with E-state index in [0.717, 1.165) is 5.92 Å². The standard InChI is InChI=1S/C18H29N.ClH/c1-13(2)11-17(19-5)18(9-6-10-18)16-8-7-14(3)15(4)12-16;/h7-8,12-13,17,19H,6,9-11H2,1-5H3;1H. The van der Waals surface area contributed by atoms with Crippen LogP contribution in [0.5, 0.6) is 0 Å². The number of nitrogens with one attached hydrogen (secondary N) is 1. The number of rotatable bonds is 5. The van der Waals surface area contributed by atoms with Crippen LogP contribution in [-0.4, -0.2) is 13.1 Å². The Balaban J connectivity index is 0.00000200. The third-order valence-corrected chi connectivity index (χ3v) is 5.05. The van der Waals surface area contributed by atoms with Gasteiger partial charge >= 0.3 is 0 Å². The quantitative estimate of drug-likeness (QED) is 0.824. The highest BCUT2D eigenvalue weighted by Gasteiger charge is 2.44. The fraction of sp³-hybridized carbons (Fsp3) is 0.667. The maximum atomic E-state index is 3.61. The summed E-state index contributed by atoms with van der Waals surface area (Å²) in [6.07, 6.45) is 5.33. The maximum Gasteiger partial charge on any atom is 0.0163 e. The second-order valence-corrected chi connectivity index (χ2v) is 6.78. The smallest absolute Gasteiger partial charge is 0.0163 e. The Morgan fingerprint density at radius 2 is 1.80 bits per heavy atom. The average molecular weight is 296 g/mol. The summed E-state index contributed by atoms with van der Waals surface area (Å²) in [6, 6.07) is 7.71. The van der Waals surface area contributed by atoms with Crippen molar-refractivity contribution in [3.63, 3.8) is 0 Å². The Morgan fingerprint density at radius 1 is 1.15 bits per heavy atom. The van der Waals surface area contributed by atoms with Gasteiger partial charge in [0.2, 0.25) is 0 Å². The summed E-state index contributed by atoms with van der Waals surface area (Å²) in [6.45, 7) is 9.10. The molecule has 1 atom stereocenters. The molecular formula is C18H30ClN. The zero-order valence-electron chi connectivity index (χ0n) is 13.6. The van der Waals surface area contributed by atoms with Crippen molar-refractivity contribution in [2.24, 2.45) is 5.92 Å². The lowest BCUT2D eigenvalue weighted by atomic mass is 9.58. The SMILES string of the molecule is CNC(CC(C)C)C1(c2ccc(C)c(C)c2)CCC1.Cl. The van der Waals surface area contributed by atoms with Gasteiger partial charge in [0, 0.05) is 11.5 Å². The Kier molecular flexibility index (Phi) is 6.09. The van der Waals surface area contributed by atoms with Crippen molar-refractivity contribution in [2.75, 3.05) is 7.05 Å². The molecule has 20 heavy (non-hydrogen) atoms. The first-order valence-corrected chi connectivity index (χ1v) is 7.74. The van der Waals surface area contributed by atoms with Crippen molar-refractivity contribution >= 4 is 12.4 Å². The average Bonchev–Trinajstić information content (AvgIpc) is 2.30. The van der Waals surface area contributed by atoms with E-state index in [1.54, 1.807) is 5.56 Å². The second kappa shape index (κ2) is 6.95. The summed E-state index contributed by atoms with van der Waals surface area (Å²) in [5.41, 5.74) is 4.78. The molecule has 2 heteroatoms. The van der Waals surface area contributed by atoms with Crippen LogP contribution in [-0.2, 0) is 5.41 Å². The summed E-state index contributed by atoms with van der Waals surface area (Å²) in [5.74, 6) is 0.751. The van der Waals surface area contributed by atoms with Crippen LogP contribution in [0.15, 0.2) is 18.2 Å². The fourth-order valence-electron chi connectivity index (χ4n) is 3.54. The van der Waals surface area contributed by atoms with Gasteiger partial charge in [0.1, 0.15) is 0 Å². The molecule has 1 nitrogen and oxygen atoms in total. The van der Waals surface area contributed by atoms with Gasteiger partial charge in [-0.15, -0.1) is 12.4 Å². The molecule has 2 rings (SSSR count). The normalized spacial score (nSPS) is 18.3. The van der Waals surface area contributed by atoms with E-state index in [9.17, 15) is 0 Å². The summed E-state index contributed by atoms with van der Waals surface area (Å²) in [4.78, 5) is 0. The molecule has 1 N–H and O–H groups in total. The highest BCUT2D eigenvalue weighted by molar-refractivity contribution is 5.85. The van der Waals surface area contributed by atoms with E-state index in [-0.39, 0.29) is 12.4 Å². The topological polar surface area (TPSA) is 12.0 Å². The summed E-state index contributed by atoms with van der Waals surface area (Å²) >= 11 is 0. The lowest BCUT2D eigenvalue weighted by Crippen LogP contribution is -2.52. The molecule has 0 radical (unpaired) electrons. The van der Waals surface area contributed by atoms with Crippen molar-refractivity contribution in [1.82, 2.24) is 5.32 Å². The van der Waals surface area contributed by atoms with Gasteiger partial charge in [-0.25, -0.2) is 0 Å². The van der Waals surface area contributed by atoms with Crippen LogP contribution < -0.4 is 5.32 Å². The van der Waals surface area contributed by atoms with Crippen LogP contribution in [0.1, 0.15) is 56.2 Å². The van der Waals surface area contributed by atoms with Gasteiger partial charge in [-0.1, -0.05) is 38.5 Å². The first-order valence-electron chi connectivity index (χ1n) is 7.74. The van der Waals surface area contributed by atoms with Crippen molar-refractivity contribution < 1.29 is 0 Å². The second-order valence-electron chi connectivity index (χ2n) is 6.78. The first kappa shape index (κ1) is 17.5. The molecule has 0 heterocycles. The minimum Gasteiger partial charge on any atom is -0.316 e. The minimum atomic E-state index is 0. The first-order chi connectivity index (χ1) is 8.99. The van der Waals surface area contributed by atoms with E-state index in [2.05, 4.69) is 58.3 Å². The maximum absolute atomic E-state index is 3.61. The molecule has 0 spiro atoms. The minimum absolute atomic E-state index is 0. The highest BCUT2D eigenvalue weighted by atomic mass is 35.5. The number of benzene rings is 1. The van der Waals surface area contributed by atoms with Crippen LogP contribution in [0.4, 0.5) is 0 Å². The number of hydrogen-bond donors (Lipinski definition) is 1. The van der Waals surface area contributed by atoms with Gasteiger partial charge in [-0.05, 0) is 62.8 Å². The molecular weight excluding hydrogens is 266 g/mol. The monoisotopic (exact) mass is 295 g/mol. The third kappa shape index (κ3) is 3.20. The zero-order chi connectivity index (χ0) is 14.0. The fourth-order valence-corrected chi connectivity index (χ4v) is 3.54. The Morgan fingerprint density at radius 3 is 2.20 bits per heavy atom. The predicted octanol–water partition coefficient (Wildman–Crippen LogP) is 4.78. The van der Waals surface area contributed by atoms with E-state index in [0.29, 0.717) is 11.5 Å². The summed E-state index contributed by atoms with van der Waals surface area (Å²) in [7, 11) is 2.13. The molecule has 0 bridgehead atoms. The van der Waals surface area contributed by atoms with Crippen LogP contribution in [0.3, 0.4) is 0 Å². The number of hydrogen-bond acceptors (Lipinski definition) is 1. The summed E-state index contributed by atoms with van der Waals surface area (Å²) < 4.78 is 0. The molecule has 1 saturated carbocycles. The third-order valence-electron chi connectivity index (χ3n) is 5.05. The molecule has 1 aliphatic carbocycles. The zero-order valence-corrected chi connectivity index (χ0v) is 14.4. The Hall–Kier alpha value is -0.530. The lowest BCUT2D eigenvalue weighted by molar-refractivity contribution is 0.157. The van der Waals surface area contributed by atoms with Crippen molar-refractivity contribution in [2.45, 2.75) is 64.8 Å². The van der Waals surface area contributed by atoms with Gasteiger partial charge in [-0.2, -0.15) is 0 Å². The number of aryl methyl sites for hydroxylation is 2. The van der Waals surface area contributed by atoms with Crippen LogP contribution in [0, 0.1) is 19.8 Å².